The van der Waals surface area contributed by atoms with Gasteiger partial charge in [-0.3, -0.25) is 5.32 Å². The molecule has 0 aliphatic rings. The number of hydrogen-bond donors (Lipinski definition) is 1. The van der Waals surface area contributed by atoms with Gasteiger partial charge in [0, 0.05) is 10.9 Å². The molecule has 0 radical (unpaired) electrons. The number of rotatable bonds is 4. The van der Waals surface area contributed by atoms with Crippen LogP contribution in [0, 0.1) is 6.92 Å². The first kappa shape index (κ1) is 16.4. The minimum Gasteiger partial charge on any atom is -0.299 e. The Morgan fingerprint density at radius 1 is 1.07 bits per heavy atom. The Hall–Kier alpha value is -2.77. The van der Waals surface area contributed by atoms with Gasteiger partial charge in [0.15, 0.2) is 5.13 Å². The predicted molar refractivity (Wildman–Crippen MR) is 113 cm³/mol. The smallest absolute Gasteiger partial charge is 0.250 e. The molecule has 27 heavy (non-hydrogen) atoms. The second-order valence-corrected chi connectivity index (χ2v) is 8.28. The van der Waals surface area contributed by atoms with Crippen LogP contribution >= 0.6 is 22.7 Å². The largest absolute Gasteiger partial charge is 0.299 e. The van der Waals surface area contributed by atoms with Crippen molar-refractivity contribution >= 4 is 48.9 Å². The summed E-state index contributed by atoms with van der Waals surface area (Å²) in [6.07, 6.45) is 1.03. The lowest BCUT2D eigenvalue weighted by atomic mass is 10.1. The summed E-state index contributed by atoms with van der Waals surface area (Å²) in [4.78, 5) is 10.1. The normalized spacial score (nSPS) is 11.5. The molecule has 0 unspecified atom stereocenters. The Kier molecular flexibility index (Phi) is 3.91. The fourth-order valence-corrected chi connectivity index (χ4v) is 4.75. The molecule has 5 nitrogen and oxygen atoms in total. The molecule has 0 saturated heterocycles. The zero-order valence-electron chi connectivity index (χ0n) is 14.9. The molecule has 134 valence electrons. The van der Waals surface area contributed by atoms with Gasteiger partial charge in [0.05, 0.1) is 15.9 Å². The first-order valence-electron chi connectivity index (χ1n) is 8.77. The van der Waals surface area contributed by atoms with Gasteiger partial charge in [-0.25, -0.2) is 9.50 Å². The molecule has 0 atom stereocenters. The van der Waals surface area contributed by atoms with Crippen LogP contribution in [0.3, 0.4) is 0 Å². The van der Waals surface area contributed by atoms with E-state index in [1.165, 1.54) is 15.8 Å². The Labute approximate surface area is 164 Å². The summed E-state index contributed by atoms with van der Waals surface area (Å²) in [5.41, 5.74) is 5.75. The summed E-state index contributed by atoms with van der Waals surface area (Å²) in [5, 5.41) is 10.8. The van der Waals surface area contributed by atoms with E-state index < -0.39 is 0 Å². The lowest BCUT2D eigenvalue weighted by molar-refractivity contribution is 0.988. The minimum absolute atomic E-state index is 0.574. The van der Waals surface area contributed by atoms with E-state index in [9.17, 15) is 0 Å². The van der Waals surface area contributed by atoms with Crippen LogP contribution in [0.25, 0.3) is 26.4 Å². The first-order valence-corrected chi connectivity index (χ1v) is 10.5. The fraction of sp³-hybridized carbons (Fsp3) is 0.150. The Bertz CT molecular complexity index is 1250. The third-order valence-electron chi connectivity index (χ3n) is 4.51. The maximum atomic E-state index is 4.65. The van der Waals surface area contributed by atoms with Crippen molar-refractivity contribution in [3.05, 3.63) is 59.0 Å². The molecule has 0 aliphatic carbocycles. The second kappa shape index (κ2) is 6.44. The fourth-order valence-electron chi connectivity index (χ4n) is 3.00. The number of nitrogens with zero attached hydrogens (tertiary/aromatic N) is 4. The van der Waals surface area contributed by atoms with Crippen LogP contribution in [0.2, 0.25) is 0 Å². The van der Waals surface area contributed by atoms with Gasteiger partial charge in [0.25, 0.3) is 0 Å². The minimum atomic E-state index is 0.574. The molecule has 7 heteroatoms. The van der Waals surface area contributed by atoms with Gasteiger partial charge in [-0.05, 0) is 31.0 Å². The topological polar surface area (TPSA) is 55.1 Å². The summed E-state index contributed by atoms with van der Waals surface area (Å²) in [7, 11) is 0. The summed E-state index contributed by atoms with van der Waals surface area (Å²) in [6, 6.07) is 14.9. The van der Waals surface area contributed by atoms with Gasteiger partial charge in [-0.2, -0.15) is 4.98 Å². The van der Waals surface area contributed by atoms with Crippen LogP contribution in [-0.2, 0) is 6.42 Å². The highest BCUT2D eigenvalue weighted by Gasteiger charge is 2.13. The summed E-state index contributed by atoms with van der Waals surface area (Å²) < 4.78 is 3.07. The number of anilines is 2. The molecule has 5 aromatic rings. The van der Waals surface area contributed by atoms with Crippen LogP contribution in [0.5, 0.6) is 0 Å². The molecule has 1 N–H and O–H groups in total. The maximum absolute atomic E-state index is 4.65. The van der Waals surface area contributed by atoms with Crippen LogP contribution in [0.15, 0.2) is 47.8 Å². The molecule has 0 amide bonds. The van der Waals surface area contributed by atoms with E-state index in [-0.39, 0.29) is 0 Å². The average Bonchev–Trinajstić information content (AvgIpc) is 3.35. The standard InChI is InChI=1S/C20H17N5S2/c1-3-13-6-9-15-17(10-13)27-19(21-15)22-18-23-20-25(24-18)16(11-26-20)14-7-4-12(2)5-8-14/h4-11H,3H2,1-2H3,(H,21,22,24). The molecular formula is C20H17N5S2. The monoisotopic (exact) mass is 391 g/mol. The van der Waals surface area contributed by atoms with Crippen LogP contribution in [-0.4, -0.2) is 19.6 Å². The predicted octanol–water partition coefficient (Wildman–Crippen LogP) is 5.68. The molecule has 3 aromatic heterocycles. The number of hydrogen-bond acceptors (Lipinski definition) is 6. The van der Waals surface area contributed by atoms with Gasteiger partial charge in [0.1, 0.15) is 0 Å². The Morgan fingerprint density at radius 3 is 2.74 bits per heavy atom. The molecule has 0 bridgehead atoms. The van der Waals surface area contributed by atoms with E-state index in [1.807, 2.05) is 4.52 Å². The quantitative estimate of drug-likeness (QED) is 0.428. The van der Waals surface area contributed by atoms with Gasteiger partial charge < -0.3 is 0 Å². The van der Waals surface area contributed by atoms with Crippen molar-refractivity contribution in [3.8, 4) is 11.3 Å². The SMILES string of the molecule is CCc1ccc2nc(Nc3nc4scc(-c5ccc(C)cc5)n4n3)sc2c1. The maximum Gasteiger partial charge on any atom is 0.250 e. The van der Waals surface area contributed by atoms with Crippen molar-refractivity contribution in [2.75, 3.05) is 5.32 Å². The third kappa shape index (κ3) is 2.98. The zero-order chi connectivity index (χ0) is 18.4. The number of thiazole rings is 2. The molecule has 2 aromatic carbocycles. The second-order valence-electron chi connectivity index (χ2n) is 6.42. The zero-order valence-corrected chi connectivity index (χ0v) is 16.6. The average molecular weight is 392 g/mol. The van der Waals surface area contributed by atoms with Gasteiger partial charge in [-0.15, -0.1) is 16.4 Å². The molecule has 5 rings (SSSR count). The first-order chi connectivity index (χ1) is 13.2. The molecule has 0 spiro atoms. The van der Waals surface area contributed by atoms with Gasteiger partial charge >= 0.3 is 0 Å². The van der Waals surface area contributed by atoms with E-state index in [4.69, 9.17) is 0 Å². The Balaban J connectivity index is 1.48. The molecule has 3 heterocycles. The van der Waals surface area contributed by atoms with Crippen molar-refractivity contribution in [3.63, 3.8) is 0 Å². The van der Waals surface area contributed by atoms with Crippen molar-refractivity contribution in [1.82, 2.24) is 19.6 Å². The molecular weight excluding hydrogens is 374 g/mol. The molecule has 0 saturated carbocycles. The van der Waals surface area contributed by atoms with E-state index >= 15 is 0 Å². The van der Waals surface area contributed by atoms with E-state index in [1.54, 1.807) is 22.7 Å². The van der Waals surface area contributed by atoms with E-state index in [0.29, 0.717) is 5.95 Å². The molecule has 0 aliphatic heterocycles. The lowest BCUT2D eigenvalue weighted by Crippen LogP contribution is -1.93. The number of aromatic nitrogens is 4. The van der Waals surface area contributed by atoms with Gasteiger partial charge in [0.2, 0.25) is 10.9 Å². The number of nitrogens with one attached hydrogen (secondary N) is 1. The lowest BCUT2D eigenvalue weighted by Gasteiger charge is -1.99. The highest BCUT2D eigenvalue weighted by atomic mass is 32.1. The number of aryl methyl sites for hydroxylation is 2. The highest BCUT2D eigenvalue weighted by Crippen LogP contribution is 2.30. The van der Waals surface area contributed by atoms with Gasteiger partial charge in [-0.1, -0.05) is 54.2 Å². The van der Waals surface area contributed by atoms with E-state index in [0.717, 1.165) is 33.3 Å². The summed E-state index contributed by atoms with van der Waals surface area (Å²) >= 11 is 3.21. The highest BCUT2D eigenvalue weighted by molar-refractivity contribution is 7.22. The van der Waals surface area contributed by atoms with Crippen molar-refractivity contribution < 1.29 is 0 Å². The van der Waals surface area contributed by atoms with Crippen molar-refractivity contribution in [2.24, 2.45) is 0 Å². The van der Waals surface area contributed by atoms with Crippen molar-refractivity contribution in [1.29, 1.82) is 0 Å². The summed E-state index contributed by atoms with van der Waals surface area (Å²) in [5.74, 6) is 0.574. The van der Waals surface area contributed by atoms with Crippen molar-refractivity contribution in [2.45, 2.75) is 20.3 Å². The van der Waals surface area contributed by atoms with Crippen LogP contribution < -0.4 is 5.32 Å². The Morgan fingerprint density at radius 2 is 1.93 bits per heavy atom. The number of fused-ring (bicyclic) bond motifs is 2. The number of benzene rings is 2. The molecule has 0 fully saturated rings. The summed E-state index contributed by atoms with van der Waals surface area (Å²) in [6.45, 7) is 4.25. The van der Waals surface area contributed by atoms with E-state index in [2.05, 4.69) is 82.1 Å². The third-order valence-corrected chi connectivity index (χ3v) is 6.26. The van der Waals surface area contributed by atoms with Crippen LogP contribution in [0.1, 0.15) is 18.1 Å². The van der Waals surface area contributed by atoms with Crippen LogP contribution in [0.4, 0.5) is 11.1 Å².